The predicted molar refractivity (Wildman–Crippen MR) is 78.4 cm³/mol. The Morgan fingerprint density at radius 2 is 2.05 bits per heavy atom. The molecule has 0 aliphatic carbocycles. The van der Waals surface area contributed by atoms with Crippen LogP contribution >= 0.6 is 0 Å². The van der Waals surface area contributed by atoms with E-state index in [0.29, 0.717) is 6.42 Å². The Kier molecular flexibility index (Phi) is 4.65. The molecule has 21 heavy (non-hydrogen) atoms. The van der Waals surface area contributed by atoms with Gasteiger partial charge >= 0.3 is 0 Å². The predicted octanol–water partition coefficient (Wildman–Crippen LogP) is 2.01. The van der Waals surface area contributed by atoms with Crippen LogP contribution in [0.1, 0.15) is 23.0 Å². The van der Waals surface area contributed by atoms with Gasteiger partial charge in [0.2, 0.25) is 0 Å². The highest BCUT2D eigenvalue weighted by Crippen LogP contribution is 2.16. The van der Waals surface area contributed by atoms with Crippen molar-refractivity contribution in [3.8, 4) is 5.75 Å². The first-order chi connectivity index (χ1) is 10.00. The second-order valence-corrected chi connectivity index (χ2v) is 5.18. The number of amides is 1. The van der Waals surface area contributed by atoms with Gasteiger partial charge in [0.05, 0.1) is 19.0 Å². The van der Waals surface area contributed by atoms with Crippen molar-refractivity contribution in [2.24, 2.45) is 0 Å². The van der Waals surface area contributed by atoms with Gasteiger partial charge in [0.15, 0.2) is 5.76 Å². The van der Waals surface area contributed by atoms with Crippen LogP contribution in [0.2, 0.25) is 0 Å². The van der Waals surface area contributed by atoms with Gasteiger partial charge in [-0.3, -0.25) is 4.79 Å². The normalized spacial score (nSPS) is 13.5. The maximum Gasteiger partial charge on any atom is 0.287 e. The molecular formula is C16H19NO4. The number of aliphatic hydroxyl groups is 1. The molecule has 112 valence electrons. The van der Waals surface area contributed by atoms with Gasteiger partial charge in [-0.2, -0.15) is 0 Å². The lowest BCUT2D eigenvalue weighted by Crippen LogP contribution is -2.42. The Morgan fingerprint density at radius 1 is 1.33 bits per heavy atom. The van der Waals surface area contributed by atoms with Crippen molar-refractivity contribution < 1.29 is 19.1 Å². The third-order valence-electron chi connectivity index (χ3n) is 3.12. The van der Waals surface area contributed by atoms with Crippen molar-refractivity contribution in [1.29, 1.82) is 0 Å². The van der Waals surface area contributed by atoms with E-state index in [1.165, 1.54) is 6.26 Å². The molecule has 5 nitrogen and oxygen atoms in total. The molecule has 5 heteroatoms. The first kappa shape index (κ1) is 15.1. The first-order valence-corrected chi connectivity index (χ1v) is 6.67. The number of hydrogen-bond donors (Lipinski definition) is 2. The van der Waals surface area contributed by atoms with E-state index in [0.717, 1.165) is 11.3 Å². The van der Waals surface area contributed by atoms with Crippen LogP contribution in [0.25, 0.3) is 0 Å². The van der Waals surface area contributed by atoms with Gasteiger partial charge in [-0.05, 0) is 36.8 Å². The molecule has 0 unspecified atom stereocenters. The zero-order valence-electron chi connectivity index (χ0n) is 12.1. The molecule has 0 spiro atoms. The Hall–Kier alpha value is -2.27. The van der Waals surface area contributed by atoms with Crippen molar-refractivity contribution in [1.82, 2.24) is 5.32 Å². The second-order valence-electron chi connectivity index (χ2n) is 5.18. The van der Waals surface area contributed by atoms with Gasteiger partial charge in [0.25, 0.3) is 5.91 Å². The van der Waals surface area contributed by atoms with E-state index < -0.39 is 5.60 Å². The van der Waals surface area contributed by atoms with Crippen LogP contribution in [-0.2, 0) is 6.42 Å². The molecule has 0 bridgehead atoms. The summed E-state index contributed by atoms with van der Waals surface area (Å²) in [5, 5.41) is 13.0. The fourth-order valence-electron chi connectivity index (χ4n) is 2.01. The molecule has 0 saturated heterocycles. The number of carbonyl (C=O) groups is 1. The molecule has 0 radical (unpaired) electrons. The van der Waals surface area contributed by atoms with Crippen LogP contribution in [0.15, 0.2) is 47.1 Å². The average Bonchev–Trinajstić information content (AvgIpc) is 2.99. The molecule has 1 amide bonds. The molecule has 2 aromatic rings. The topological polar surface area (TPSA) is 71.7 Å². The summed E-state index contributed by atoms with van der Waals surface area (Å²) in [5.41, 5.74) is -0.0790. The third kappa shape index (κ3) is 4.36. The SMILES string of the molecule is COc1ccc(C[C@@](C)(O)CNC(=O)c2ccco2)cc1. The molecule has 0 fully saturated rings. The molecule has 0 saturated carbocycles. The minimum atomic E-state index is -1.04. The maximum atomic E-state index is 11.8. The summed E-state index contributed by atoms with van der Waals surface area (Å²) in [4.78, 5) is 11.8. The highest BCUT2D eigenvalue weighted by atomic mass is 16.5. The van der Waals surface area contributed by atoms with Gasteiger partial charge in [0, 0.05) is 13.0 Å². The Labute approximate surface area is 123 Å². The summed E-state index contributed by atoms with van der Waals surface area (Å²) in [7, 11) is 1.61. The van der Waals surface area contributed by atoms with E-state index in [1.807, 2.05) is 24.3 Å². The largest absolute Gasteiger partial charge is 0.497 e. The summed E-state index contributed by atoms with van der Waals surface area (Å²) < 4.78 is 10.1. The second kappa shape index (κ2) is 6.45. The Balaban J connectivity index is 1.90. The molecule has 0 aliphatic rings. The number of furan rings is 1. The van der Waals surface area contributed by atoms with Crippen LogP contribution in [0, 0.1) is 0 Å². The Bertz CT molecular complexity index is 573. The van der Waals surface area contributed by atoms with Crippen LogP contribution in [0.3, 0.4) is 0 Å². The minimum absolute atomic E-state index is 0.137. The number of ether oxygens (including phenoxy) is 1. The molecule has 1 heterocycles. The highest BCUT2D eigenvalue weighted by molar-refractivity contribution is 5.91. The fraction of sp³-hybridized carbons (Fsp3) is 0.312. The van der Waals surface area contributed by atoms with Gasteiger partial charge in [-0.15, -0.1) is 0 Å². The first-order valence-electron chi connectivity index (χ1n) is 6.67. The van der Waals surface area contributed by atoms with E-state index in [1.54, 1.807) is 26.2 Å². The lowest BCUT2D eigenvalue weighted by Gasteiger charge is -2.23. The van der Waals surface area contributed by atoms with Crippen molar-refractivity contribution in [3.05, 3.63) is 54.0 Å². The summed E-state index contributed by atoms with van der Waals surface area (Å²) in [6.07, 6.45) is 1.86. The van der Waals surface area contributed by atoms with Crippen LogP contribution < -0.4 is 10.1 Å². The quantitative estimate of drug-likeness (QED) is 0.853. The van der Waals surface area contributed by atoms with Crippen LogP contribution in [0.5, 0.6) is 5.75 Å². The minimum Gasteiger partial charge on any atom is -0.497 e. The number of hydrogen-bond acceptors (Lipinski definition) is 4. The summed E-state index contributed by atoms with van der Waals surface area (Å²) in [5.74, 6) is 0.662. The van der Waals surface area contributed by atoms with E-state index in [4.69, 9.17) is 9.15 Å². The van der Waals surface area contributed by atoms with Crippen molar-refractivity contribution in [2.75, 3.05) is 13.7 Å². The van der Waals surface area contributed by atoms with Crippen LogP contribution in [0.4, 0.5) is 0 Å². The zero-order chi connectivity index (χ0) is 15.3. The molecule has 2 rings (SSSR count). The maximum absolute atomic E-state index is 11.8. The summed E-state index contributed by atoms with van der Waals surface area (Å²) in [6.45, 7) is 1.82. The van der Waals surface area contributed by atoms with E-state index in [2.05, 4.69) is 5.32 Å². The van der Waals surface area contributed by atoms with E-state index in [-0.39, 0.29) is 18.2 Å². The van der Waals surface area contributed by atoms with Crippen molar-refractivity contribution >= 4 is 5.91 Å². The molecule has 1 aromatic heterocycles. The van der Waals surface area contributed by atoms with Crippen LogP contribution in [-0.4, -0.2) is 30.3 Å². The molecule has 1 aromatic carbocycles. The fourth-order valence-corrected chi connectivity index (χ4v) is 2.01. The van der Waals surface area contributed by atoms with Gasteiger partial charge < -0.3 is 19.6 Å². The molecule has 1 atom stereocenters. The van der Waals surface area contributed by atoms with Crippen molar-refractivity contribution in [3.63, 3.8) is 0 Å². The summed E-state index contributed by atoms with van der Waals surface area (Å²) in [6, 6.07) is 10.7. The van der Waals surface area contributed by atoms with Crippen molar-refractivity contribution in [2.45, 2.75) is 18.9 Å². The molecule has 0 aliphatic heterocycles. The monoisotopic (exact) mass is 289 g/mol. The molecular weight excluding hydrogens is 270 g/mol. The zero-order valence-corrected chi connectivity index (χ0v) is 12.1. The number of benzene rings is 1. The van der Waals surface area contributed by atoms with E-state index in [9.17, 15) is 9.90 Å². The van der Waals surface area contributed by atoms with E-state index >= 15 is 0 Å². The highest BCUT2D eigenvalue weighted by Gasteiger charge is 2.22. The third-order valence-corrected chi connectivity index (χ3v) is 3.12. The average molecular weight is 289 g/mol. The number of carbonyl (C=O) groups excluding carboxylic acids is 1. The lowest BCUT2D eigenvalue weighted by molar-refractivity contribution is 0.0544. The molecule has 2 N–H and O–H groups in total. The Morgan fingerprint density at radius 3 is 2.62 bits per heavy atom. The van der Waals surface area contributed by atoms with Gasteiger partial charge in [-0.1, -0.05) is 12.1 Å². The number of rotatable bonds is 6. The number of nitrogens with one attached hydrogen (secondary N) is 1. The van der Waals surface area contributed by atoms with Gasteiger partial charge in [0.1, 0.15) is 5.75 Å². The summed E-state index contributed by atoms with van der Waals surface area (Å²) >= 11 is 0. The lowest BCUT2D eigenvalue weighted by atomic mass is 9.96. The smallest absolute Gasteiger partial charge is 0.287 e. The standard InChI is InChI=1S/C16H19NO4/c1-16(19,10-12-5-7-13(20-2)8-6-12)11-17-15(18)14-4-3-9-21-14/h3-9,19H,10-11H2,1-2H3,(H,17,18)/t16-/m1/s1. The van der Waals surface area contributed by atoms with Gasteiger partial charge in [-0.25, -0.2) is 0 Å². The number of methoxy groups -OCH3 is 1.